The van der Waals surface area contributed by atoms with Gasteiger partial charge in [0.2, 0.25) is 5.95 Å². The van der Waals surface area contributed by atoms with Crippen LogP contribution in [-0.4, -0.2) is 46.9 Å². The second-order valence-electron chi connectivity index (χ2n) is 5.58. The molecule has 0 bridgehead atoms. The first-order valence-corrected chi connectivity index (χ1v) is 10.6. The van der Waals surface area contributed by atoms with E-state index in [9.17, 15) is 4.79 Å². The molecular formula is C18H21N5O2S2. The molecular weight excluding hydrogens is 382 g/mol. The van der Waals surface area contributed by atoms with Crippen molar-refractivity contribution in [3.05, 3.63) is 36.2 Å². The van der Waals surface area contributed by atoms with Crippen molar-refractivity contribution in [2.75, 3.05) is 36.6 Å². The smallest absolute Gasteiger partial charge is 0.338 e. The second kappa shape index (κ2) is 9.52. The fourth-order valence-corrected chi connectivity index (χ4v) is 3.59. The van der Waals surface area contributed by atoms with E-state index >= 15 is 0 Å². The molecule has 0 saturated carbocycles. The second-order valence-corrected chi connectivity index (χ2v) is 7.49. The summed E-state index contributed by atoms with van der Waals surface area (Å²) in [6.07, 6.45) is 6.52. The van der Waals surface area contributed by atoms with Crippen molar-refractivity contribution in [1.29, 1.82) is 0 Å². The predicted molar refractivity (Wildman–Crippen MR) is 111 cm³/mol. The third-order valence-electron chi connectivity index (χ3n) is 3.68. The molecule has 3 rings (SSSR count). The number of nitrogens with one attached hydrogen (secondary N) is 2. The van der Waals surface area contributed by atoms with Gasteiger partial charge in [-0.3, -0.25) is 0 Å². The van der Waals surface area contributed by atoms with Gasteiger partial charge >= 0.3 is 5.97 Å². The fourth-order valence-electron chi connectivity index (χ4n) is 2.34. The van der Waals surface area contributed by atoms with Gasteiger partial charge in [0.25, 0.3) is 0 Å². The molecule has 0 aliphatic rings. The van der Waals surface area contributed by atoms with E-state index in [2.05, 4.69) is 25.6 Å². The average Bonchev–Trinajstić information content (AvgIpc) is 3.10. The Labute approximate surface area is 166 Å². The summed E-state index contributed by atoms with van der Waals surface area (Å²) in [5.74, 6) is 0.334. The van der Waals surface area contributed by atoms with Gasteiger partial charge in [-0.2, -0.15) is 0 Å². The summed E-state index contributed by atoms with van der Waals surface area (Å²) in [6, 6.07) is 5.42. The molecule has 0 aliphatic carbocycles. The number of aromatic nitrogens is 3. The van der Waals surface area contributed by atoms with E-state index in [4.69, 9.17) is 4.74 Å². The van der Waals surface area contributed by atoms with Gasteiger partial charge in [0.15, 0.2) is 5.13 Å². The molecule has 0 fully saturated rings. The molecule has 0 aliphatic heterocycles. The van der Waals surface area contributed by atoms with E-state index in [1.165, 1.54) is 11.3 Å². The first kappa shape index (κ1) is 19.4. The minimum Gasteiger partial charge on any atom is -0.462 e. The fraction of sp³-hybridized carbons (Fsp3) is 0.333. The van der Waals surface area contributed by atoms with Crippen LogP contribution in [0.2, 0.25) is 0 Å². The number of ether oxygens (including phenoxy) is 1. The van der Waals surface area contributed by atoms with Crippen LogP contribution in [0, 0.1) is 0 Å². The van der Waals surface area contributed by atoms with Crippen LogP contribution >= 0.6 is 23.1 Å². The lowest BCUT2D eigenvalue weighted by Gasteiger charge is -2.05. The maximum absolute atomic E-state index is 11.8. The Hall–Kier alpha value is -2.39. The highest BCUT2D eigenvalue weighted by Gasteiger charge is 2.10. The van der Waals surface area contributed by atoms with Gasteiger partial charge in [0.05, 0.1) is 22.4 Å². The summed E-state index contributed by atoms with van der Waals surface area (Å²) in [5.41, 5.74) is 1.42. The van der Waals surface area contributed by atoms with Crippen LogP contribution in [0.15, 0.2) is 35.5 Å². The van der Waals surface area contributed by atoms with Crippen LogP contribution in [0.25, 0.3) is 10.2 Å². The highest BCUT2D eigenvalue weighted by Crippen LogP contribution is 2.27. The monoisotopic (exact) mass is 403 g/mol. The van der Waals surface area contributed by atoms with Crippen LogP contribution < -0.4 is 10.6 Å². The zero-order chi connectivity index (χ0) is 19.1. The molecule has 142 valence electrons. The van der Waals surface area contributed by atoms with Crippen molar-refractivity contribution in [1.82, 2.24) is 15.0 Å². The number of esters is 1. The molecule has 2 N–H and O–H groups in total. The van der Waals surface area contributed by atoms with Gasteiger partial charge in [0.1, 0.15) is 0 Å². The maximum Gasteiger partial charge on any atom is 0.338 e. The molecule has 0 radical (unpaired) electrons. The van der Waals surface area contributed by atoms with Crippen LogP contribution in [-0.2, 0) is 4.74 Å². The van der Waals surface area contributed by atoms with Crippen molar-refractivity contribution in [3.8, 4) is 0 Å². The molecule has 0 unspecified atom stereocenters. The first-order chi connectivity index (χ1) is 13.2. The van der Waals surface area contributed by atoms with Gasteiger partial charge in [0, 0.05) is 30.4 Å². The maximum atomic E-state index is 11.8. The van der Waals surface area contributed by atoms with E-state index in [-0.39, 0.29) is 5.97 Å². The standard InChI is InChI=1S/C18H21N5O2S2/c1-3-25-16(24)12-5-6-14-15(9-12)27-18(23-14)20-8-4-7-19-17-21-10-13(26-2)11-22-17/h5-6,9-11H,3-4,7-8H2,1-2H3,(H,20,23)(H,19,21,22). The number of thiazole rings is 1. The Morgan fingerprint density at radius 1 is 1.22 bits per heavy atom. The van der Waals surface area contributed by atoms with E-state index in [1.54, 1.807) is 24.8 Å². The van der Waals surface area contributed by atoms with Crippen LogP contribution in [0.3, 0.4) is 0 Å². The van der Waals surface area contributed by atoms with Crippen molar-refractivity contribution in [2.24, 2.45) is 0 Å². The Morgan fingerprint density at radius 3 is 2.74 bits per heavy atom. The lowest BCUT2D eigenvalue weighted by atomic mass is 10.2. The predicted octanol–water partition coefficient (Wildman–Crippen LogP) is 3.90. The Kier molecular flexibility index (Phi) is 6.83. The van der Waals surface area contributed by atoms with E-state index in [0.717, 1.165) is 39.8 Å². The molecule has 0 spiro atoms. The Morgan fingerprint density at radius 2 is 2.00 bits per heavy atom. The zero-order valence-electron chi connectivity index (χ0n) is 15.2. The Bertz CT molecular complexity index is 898. The molecule has 9 heteroatoms. The number of thioether (sulfide) groups is 1. The van der Waals surface area contributed by atoms with Crippen molar-refractivity contribution < 1.29 is 9.53 Å². The number of carbonyl (C=O) groups excluding carboxylic acids is 1. The van der Waals surface area contributed by atoms with Crippen LogP contribution in [0.4, 0.5) is 11.1 Å². The molecule has 27 heavy (non-hydrogen) atoms. The number of hydrogen-bond donors (Lipinski definition) is 2. The summed E-state index contributed by atoms with van der Waals surface area (Å²) in [7, 11) is 0. The molecule has 0 amide bonds. The highest BCUT2D eigenvalue weighted by atomic mass is 32.2. The molecule has 3 aromatic rings. The van der Waals surface area contributed by atoms with Crippen molar-refractivity contribution in [2.45, 2.75) is 18.2 Å². The van der Waals surface area contributed by atoms with Gasteiger partial charge in [-0.15, -0.1) is 11.8 Å². The summed E-state index contributed by atoms with van der Waals surface area (Å²) in [5, 5.41) is 7.36. The van der Waals surface area contributed by atoms with Crippen LogP contribution in [0.5, 0.6) is 0 Å². The zero-order valence-corrected chi connectivity index (χ0v) is 16.8. The van der Waals surface area contributed by atoms with Crippen molar-refractivity contribution in [3.63, 3.8) is 0 Å². The third kappa shape index (κ3) is 5.30. The normalized spacial score (nSPS) is 10.7. The number of benzene rings is 1. The lowest BCUT2D eigenvalue weighted by molar-refractivity contribution is 0.0526. The number of carbonyl (C=O) groups is 1. The minimum absolute atomic E-state index is 0.304. The summed E-state index contributed by atoms with van der Waals surface area (Å²) >= 11 is 3.15. The third-order valence-corrected chi connectivity index (χ3v) is 5.33. The van der Waals surface area contributed by atoms with Gasteiger partial charge in [-0.1, -0.05) is 11.3 Å². The van der Waals surface area contributed by atoms with E-state index < -0.39 is 0 Å². The number of anilines is 2. The molecule has 2 heterocycles. The molecule has 2 aromatic heterocycles. The SMILES string of the molecule is CCOC(=O)c1ccc2nc(NCCCNc3ncc(SC)cn3)sc2c1. The molecule has 0 atom stereocenters. The van der Waals surface area contributed by atoms with Crippen molar-refractivity contribution >= 4 is 50.4 Å². The number of hydrogen-bond acceptors (Lipinski definition) is 9. The topological polar surface area (TPSA) is 89.0 Å². The largest absolute Gasteiger partial charge is 0.462 e. The molecule has 7 nitrogen and oxygen atoms in total. The lowest BCUT2D eigenvalue weighted by Crippen LogP contribution is -2.10. The Balaban J connectivity index is 1.47. The van der Waals surface area contributed by atoms with Gasteiger partial charge < -0.3 is 15.4 Å². The quantitative estimate of drug-likeness (QED) is 0.316. The highest BCUT2D eigenvalue weighted by molar-refractivity contribution is 7.98. The van der Waals surface area contributed by atoms with E-state index in [0.29, 0.717) is 18.1 Å². The van der Waals surface area contributed by atoms with Gasteiger partial charge in [-0.25, -0.2) is 19.7 Å². The summed E-state index contributed by atoms with van der Waals surface area (Å²) < 4.78 is 6.00. The first-order valence-electron chi connectivity index (χ1n) is 8.61. The molecule has 1 aromatic carbocycles. The number of fused-ring (bicyclic) bond motifs is 1. The van der Waals surface area contributed by atoms with Gasteiger partial charge in [-0.05, 0) is 37.8 Å². The average molecular weight is 404 g/mol. The summed E-state index contributed by atoms with van der Waals surface area (Å²) in [4.78, 5) is 25.9. The minimum atomic E-state index is -0.304. The van der Waals surface area contributed by atoms with E-state index in [1.807, 2.05) is 30.8 Å². The number of nitrogens with zero attached hydrogens (tertiary/aromatic N) is 3. The van der Waals surface area contributed by atoms with Crippen LogP contribution in [0.1, 0.15) is 23.7 Å². The molecule has 0 saturated heterocycles. The summed E-state index contributed by atoms with van der Waals surface area (Å²) in [6.45, 7) is 3.71. The number of rotatable bonds is 9.